The van der Waals surface area contributed by atoms with Gasteiger partial charge in [-0.15, -0.1) is 21.5 Å². The van der Waals surface area contributed by atoms with Gasteiger partial charge in [0.05, 0.1) is 5.60 Å². The first-order valence-corrected chi connectivity index (χ1v) is 9.85. The van der Waals surface area contributed by atoms with Crippen LogP contribution in [0.4, 0.5) is 14.6 Å². The van der Waals surface area contributed by atoms with Crippen LogP contribution in [0.15, 0.2) is 42.5 Å². The highest BCUT2D eigenvalue weighted by Gasteiger charge is 2.38. The van der Waals surface area contributed by atoms with E-state index >= 15 is 0 Å². The number of fused-ring (bicyclic) bond motifs is 2. The normalized spacial score (nSPS) is 21.8. The number of nitrogens with zero attached hydrogens (tertiary/aromatic N) is 2. The maximum atomic E-state index is 13.8. The van der Waals surface area contributed by atoms with E-state index in [2.05, 4.69) is 15.5 Å². The molecule has 28 heavy (non-hydrogen) atoms. The fourth-order valence-electron chi connectivity index (χ4n) is 3.90. The van der Waals surface area contributed by atoms with Crippen LogP contribution >= 0.6 is 11.3 Å². The van der Waals surface area contributed by atoms with Crippen LogP contribution in [-0.2, 0) is 0 Å². The monoisotopic (exact) mass is 397 g/mol. The lowest BCUT2D eigenvalue weighted by molar-refractivity contribution is -0.0235. The summed E-state index contributed by atoms with van der Waals surface area (Å²) in [6, 6.07) is 13.0. The van der Waals surface area contributed by atoms with Crippen molar-refractivity contribution in [2.24, 2.45) is 0 Å². The van der Waals surface area contributed by atoms with Gasteiger partial charge < -0.3 is 10.4 Å². The fraction of sp³-hybridized carbons (Fsp3) is 0.238. The minimum absolute atomic E-state index is 0.159. The van der Waals surface area contributed by atoms with E-state index in [0.717, 1.165) is 27.7 Å². The van der Waals surface area contributed by atoms with E-state index in [9.17, 15) is 13.9 Å². The molecular weight excluding hydrogens is 380 g/mol. The molecule has 1 aliphatic carbocycles. The Balaban J connectivity index is 1.58. The number of hydrogen-bond donors (Lipinski definition) is 2. The summed E-state index contributed by atoms with van der Waals surface area (Å²) in [6.07, 6.45) is 1.33. The molecule has 2 aromatic carbocycles. The Morgan fingerprint density at radius 2 is 1.82 bits per heavy atom. The van der Waals surface area contributed by atoms with E-state index in [1.54, 1.807) is 18.2 Å². The minimum atomic E-state index is -0.807. The highest BCUT2D eigenvalue weighted by molar-refractivity contribution is 7.17. The zero-order valence-electron chi connectivity index (χ0n) is 15.0. The van der Waals surface area contributed by atoms with Gasteiger partial charge in [0.1, 0.15) is 5.69 Å². The second-order valence-corrected chi connectivity index (χ2v) is 8.59. The van der Waals surface area contributed by atoms with E-state index in [1.807, 2.05) is 31.2 Å². The van der Waals surface area contributed by atoms with Crippen molar-refractivity contribution in [3.63, 3.8) is 0 Å². The van der Waals surface area contributed by atoms with Crippen molar-refractivity contribution in [2.45, 2.75) is 31.4 Å². The Labute approximate surface area is 163 Å². The summed E-state index contributed by atoms with van der Waals surface area (Å²) in [7, 11) is 0. The molecule has 1 saturated carbocycles. The van der Waals surface area contributed by atoms with Gasteiger partial charge in [-0.25, -0.2) is 4.39 Å². The number of benzene rings is 2. The number of nitrogens with one attached hydrogen (secondary N) is 1. The Bertz CT molecular complexity index is 1210. The average Bonchev–Trinajstić information content (AvgIpc) is 2.94. The molecule has 0 amide bonds. The van der Waals surface area contributed by atoms with Gasteiger partial charge in [0, 0.05) is 32.5 Å². The van der Waals surface area contributed by atoms with Crippen LogP contribution in [0.25, 0.3) is 32.1 Å². The standard InChI is InChI=1S/C21H17F2N3OS/c1-21(27)9-12(10-21)24-20-14-5-3-2-4-13(14)18(25-26-20)11-6-7-15-16(8-11)28-19(23)17(15)22/h2-8,12,27H,9-10H2,1H3,(H,24,26). The Kier molecular flexibility index (Phi) is 3.86. The highest BCUT2D eigenvalue weighted by atomic mass is 32.1. The molecule has 142 valence electrons. The first-order valence-electron chi connectivity index (χ1n) is 9.03. The molecule has 0 saturated heterocycles. The maximum absolute atomic E-state index is 13.8. The van der Waals surface area contributed by atoms with Crippen molar-refractivity contribution in [1.29, 1.82) is 0 Å². The summed E-state index contributed by atoms with van der Waals surface area (Å²) >= 11 is 0.789. The number of rotatable bonds is 3. The van der Waals surface area contributed by atoms with E-state index in [0.29, 0.717) is 29.1 Å². The first-order chi connectivity index (χ1) is 13.4. The van der Waals surface area contributed by atoms with Gasteiger partial charge in [-0.2, -0.15) is 4.39 Å². The van der Waals surface area contributed by atoms with Crippen LogP contribution in [0.5, 0.6) is 0 Å². The smallest absolute Gasteiger partial charge is 0.213 e. The number of aromatic nitrogens is 2. The van der Waals surface area contributed by atoms with Gasteiger partial charge in [-0.3, -0.25) is 0 Å². The predicted octanol–water partition coefficient (Wildman–Crippen LogP) is 5.12. The molecule has 0 radical (unpaired) electrons. The molecule has 4 aromatic rings. The van der Waals surface area contributed by atoms with Crippen molar-refractivity contribution in [2.75, 3.05) is 5.32 Å². The highest BCUT2D eigenvalue weighted by Crippen LogP contribution is 2.37. The van der Waals surface area contributed by atoms with Crippen LogP contribution < -0.4 is 5.32 Å². The molecule has 2 aromatic heterocycles. The van der Waals surface area contributed by atoms with Crippen molar-refractivity contribution < 1.29 is 13.9 Å². The lowest BCUT2D eigenvalue weighted by atomic mass is 9.77. The third-order valence-corrected chi connectivity index (χ3v) is 6.18. The third-order valence-electron chi connectivity index (χ3n) is 5.26. The van der Waals surface area contributed by atoms with Gasteiger partial charge in [0.25, 0.3) is 0 Å². The quantitative estimate of drug-likeness (QED) is 0.504. The summed E-state index contributed by atoms with van der Waals surface area (Å²) in [5.74, 6) is -0.132. The Morgan fingerprint density at radius 3 is 2.57 bits per heavy atom. The predicted molar refractivity (Wildman–Crippen MR) is 108 cm³/mol. The minimum Gasteiger partial charge on any atom is -0.390 e. The van der Waals surface area contributed by atoms with Crippen LogP contribution in [0.2, 0.25) is 0 Å². The van der Waals surface area contributed by atoms with Crippen molar-refractivity contribution in [3.8, 4) is 11.3 Å². The second-order valence-electron chi connectivity index (χ2n) is 7.59. The summed E-state index contributed by atoms with van der Waals surface area (Å²) in [6.45, 7) is 1.82. The molecular formula is C21H17F2N3OS. The van der Waals surface area contributed by atoms with Crippen LogP contribution in [0.1, 0.15) is 19.8 Å². The molecule has 1 aliphatic rings. The van der Waals surface area contributed by atoms with Gasteiger partial charge in [0.2, 0.25) is 5.13 Å². The number of anilines is 1. The van der Waals surface area contributed by atoms with Gasteiger partial charge in [-0.1, -0.05) is 30.3 Å². The number of hydrogen-bond acceptors (Lipinski definition) is 5. The second kappa shape index (κ2) is 6.18. The molecule has 0 spiro atoms. The average molecular weight is 397 g/mol. The Morgan fingerprint density at radius 1 is 1.07 bits per heavy atom. The van der Waals surface area contributed by atoms with Crippen LogP contribution in [-0.4, -0.2) is 26.9 Å². The Hall–Kier alpha value is -2.64. The molecule has 7 heteroatoms. The molecule has 0 bridgehead atoms. The van der Waals surface area contributed by atoms with E-state index in [1.165, 1.54) is 0 Å². The first kappa shape index (κ1) is 17.5. The SMILES string of the molecule is CC1(O)CC(Nc2nnc(-c3ccc4c(F)c(F)sc4c3)c3ccccc23)C1. The molecule has 5 rings (SSSR count). The molecule has 0 aliphatic heterocycles. The number of halogens is 2. The van der Waals surface area contributed by atoms with Crippen LogP contribution in [0.3, 0.4) is 0 Å². The van der Waals surface area contributed by atoms with Crippen molar-refractivity contribution in [3.05, 3.63) is 53.4 Å². The van der Waals surface area contributed by atoms with Gasteiger partial charge in [0.15, 0.2) is 11.6 Å². The number of aliphatic hydroxyl groups is 1. The molecule has 2 heterocycles. The number of thiophene rings is 1. The summed E-state index contributed by atoms with van der Waals surface area (Å²) in [5.41, 5.74) is 0.801. The molecule has 0 atom stereocenters. The molecule has 0 unspecified atom stereocenters. The van der Waals surface area contributed by atoms with E-state index in [-0.39, 0.29) is 11.4 Å². The molecule has 2 N–H and O–H groups in total. The van der Waals surface area contributed by atoms with Gasteiger partial charge in [-0.05, 0) is 31.9 Å². The summed E-state index contributed by atoms with van der Waals surface area (Å²) < 4.78 is 27.9. The van der Waals surface area contributed by atoms with E-state index < -0.39 is 16.5 Å². The zero-order valence-corrected chi connectivity index (χ0v) is 15.9. The lowest BCUT2D eigenvalue weighted by Crippen LogP contribution is -2.48. The van der Waals surface area contributed by atoms with Crippen molar-refractivity contribution in [1.82, 2.24) is 10.2 Å². The lowest BCUT2D eigenvalue weighted by Gasteiger charge is -2.41. The van der Waals surface area contributed by atoms with E-state index in [4.69, 9.17) is 0 Å². The van der Waals surface area contributed by atoms with Gasteiger partial charge >= 0.3 is 0 Å². The zero-order chi connectivity index (χ0) is 19.5. The topological polar surface area (TPSA) is 58.0 Å². The fourth-order valence-corrected chi connectivity index (χ4v) is 4.75. The third kappa shape index (κ3) is 2.82. The summed E-state index contributed by atoms with van der Waals surface area (Å²) in [5, 5.41) is 23.4. The molecule has 1 fully saturated rings. The molecule has 4 nitrogen and oxygen atoms in total. The largest absolute Gasteiger partial charge is 0.390 e. The maximum Gasteiger partial charge on any atom is 0.213 e. The summed E-state index contributed by atoms with van der Waals surface area (Å²) in [4.78, 5) is 0. The van der Waals surface area contributed by atoms with Crippen molar-refractivity contribution >= 4 is 38.0 Å². The van der Waals surface area contributed by atoms with Crippen LogP contribution in [0, 0.1) is 10.9 Å².